The lowest BCUT2D eigenvalue weighted by Gasteiger charge is -2.46. The zero-order chi connectivity index (χ0) is 39.7. The first-order valence-electron chi connectivity index (χ1n) is 18.0. The molecule has 6 atom stereocenters. The van der Waals surface area contributed by atoms with E-state index in [1.54, 1.807) is 100 Å². The minimum atomic E-state index is -1.82. The van der Waals surface area contributed by atoms with Gasteiger partial charge >= 0.3 is 0 Å². The van der Waals surface area contributed by atoms with Gasteiger partial charge in [-0.05, 0) is 84.3 Å². The number of carbonyl (C=O) groups excluding carboxylic acids is 4. The molecule has 54 heavy (non-hydrogen) atoms. The molecule has 4 aromatic rings. The summed E-state index contributed by atoms with van der Waals surface area (Å²) in [4.78, 5) is 58.2. The number of nitrogen functional groups attached to an aromatic ring is 2. The van der Waals surface area contributed by atoms with Crippen LogP contribution in [0, 0.1) is 11.8 Å². The summed E-state index contributed by atoms with van der Waals surface area (Å²) in [6.07, 6.45) is -3.69. The van der Waals surface area contributed by atoms with Gasteiger partial charge < -0.3 is 42.9 Å². The van der Waals surface area contributed by atoms with Gasteiger partial charge in [0.2, 0.25) is 11.8 Å². The van der Waals surface area contributed by atoms with Gasteiger partial charge in [-0.3, -0.25) is 19.2 Å². The van der Waals surface area contributed by atoms with Crippen molar-refractivity contribution in [2.24, 2.45) is 23.3 Å². The molecule has 4 amide bonds. The van der Waals surface area contributed by atoms with Gasteiger partial charge in [0.05, 0.1) is 12.1 Å². The second-order valence-corrected chi connectivity index (χ2v) is 14.3. The second kappa shape index (κ2) is 18.4. The minimum absolute atomic E-state index is 0.0241. The topological polar surface area (TPSA) is 219 Å². The second-order valence-electron chi connectivity index (χ2n) is 14.3. The highest BCUT2D eigenvalue weighted by Gasteiger charge is 2.47. The molecule has 0 aliphatic carbocycles. The van der Waals surface area contributed by atoms with Gasteiger partial charge in [0.15, 0.2) is 0 Å². The Kier molecular flexibility index (Phi) is 13.9. The number of benzene rings is 4. The normalized spacial score (nSPS) is 14.7. The zero-order valence-corrected chi connectivity index (χ0v) is 31.2. The number of nitrogens with zero attached hydrogens (tertiary/aromatic N) is 2. The molecule has 0 radical (unpaired) electrons. The Morgan fingerprint density at radius 1 is 0.519 bits per heavy atom. The zero-order valence-electron chi connectivity index (χ0n) is 31.2. The van der Waals surface area contributed by atoms with Crippen LogP contribution in [0.15, 0.2) is 109 Å². The summed E-state index contributed by atoms with van der Waals surface area (Å²) in [6, 6.07) is 25.2. The molecular formula is C42H52N6O6. The number of aliphatic hydroxyl groups is 2. The first-order chi connectivity index (χ1) is 25.6. The van der Waals surface area contributed by atoms with Crippen molar-refractivity contribution in [3.05, 3.63) is 131 Å². The highest BCUT2D eigenvalue weighted by atomic mass is 16.3. The van der Waals surface area contributed by atoms with Crippen molar-refractivity contribution < 1.29 is 29.4 Å². The number of carbonyl (C=O) groups is 4. The van der Waals surface area contributed by atoms with Gasteiger partial charge in [0, 0.05) is 22.5 Å². The molecule has 0 aliphatic rings. The summed E-state index contributed by atoms with van der Waals surface area (Å²) >= 11 is 0. The van der Waals surface area contributed by atoms with Crippen molar-refractivity contribution in [1.82, 2.24) is 9.80 Å². The van der Waals surface area contributed by atoms with Crippen molar-refractivity contribution >= 4 is 35.0 Å². The Morgan fingerprint density at radius 3 is 1.07 bits per heavy atom. The third-order valence-corrected chi connectivity index (χ3v) is 9.66. The Hall–Kier alpha value is -5.72. The largest absolute Gasteiger partial charge is 0.399 e. The summed E-state index contributed by atoms with van der Waals surface area (Å²) in [6.45, 7) is 6.91. The predicted octanol–water partition coefficient (Wildman–Crippen LogP) is 3.40. The number of primary amides is 2. The molecule has 0 saturated carbocycles. The first kappa shape index (κ1) is 41.0. The summed E-state index contributed by atoms with van der Waals surface area (Å²) in [7, 11) is 0. The van der Waals surface area contributed by atoms with Crippen LogP contribution in [-0.4, -0.2) is 80.0 Å². The Bertz CT molecular complexity index is 1720. The van der Waals surface area contributed by atoms with E-state index in [9.17, 15) is 29.4 Å². The fourth-order valence-corrected chi connectivity index (χ4v) is 7.02. The average molecular weight is 737 g/mol. The average Bonchev–Trinajstić information content (AvgIpc) is 3.14. The molecule has 286 valence electrons. The molecule has 12 heteroatoms. The molecule has 0 fully saturated rings. The van der Waals surface area contributed by atoms with Crippen LogP contribution in [0.4, 0.5) is 11.4 Å². The van der Waals surface area contributed by atoms with Crippen LogP contribution < -0.4 is 22.9 Å². The van der Waals surface area contributed by atoms with Gasteiger partial charge in [-0.15, -0.1) is 0 Å². The molecule has 4 aromatic carbocycles. The SMILES string of the molecule is CC(C)[C@@H](C(N)=O)N(C(=O)c1ccc(N)cc1)[C@H](Cc1ccccc1)[C@H](O)[C@H](O)[C@H](Cc1ccccc1)N(C(=O)c1ccc(N)cc1)[C@H](C(N)=O)C(C)C. The van der Waals surface area contributed by atoms with E-state index in [-0.39, 0.29) is 24.0 Å². The molecule has 10 N–H and O–H groups in total. The lowest BCUT2D eigenvalue weighted by molar-refractivity contribution is -0.131. The molecular weight excluding hydrogens is 684 g/mol. The van der Waals surface area contributed by atoms with Gasteiger partial charge in [-0.2, -0.15) is 0 Å². The van der Waals surface area contributed by atoms with E-state index in [4.69, 9.17) is 22.9 Å². The highest BCUT2D eigenvalue weighted by molar-refractivity contribution is 5.99. The van der Waals surface area contributed by atoms with Gasteiger partial charge in [-0.25, -0.2) is 0 Å². The molecule has 4 rings (SSSR count). The molecule has 0 spiro atoms. The molecule has 0 saturated heterocycles. The Morgan fingerprint density at radius 2 is 0.815 bits per heavy atom. The van der Waals surface area contributed by atoms with Crippen LogP contribution in [0.2, 0.25) is 0 Å². The fourth-order valence-electron chi connectivity index (χ4n) is 7.02. The quantitative estimate of drug-likeness (QED) is 0.0881. The van der Waals surface area contributed by atoms with E-state index in [0.717, 1.165) is 0 Å². The van der Waals surface area contributed by atoms with Crippen LogP contribution in [-0.2, 0) is 22.4 Å². The minimum Gasteiger partial charge on any atom is -0.399 e. The summed E-state index contributed by atoms with van der Waals surface area (Å²) in [5.74, 6) is -3.94. The summed E-state index contributed by atoms with van der Waals surface area (Å²) < 4.78 is 0. The maximum absolute atomic E-state index is 14.6. The smallest absolute Gasteiger partial charge is 0.254 e. The summed E-state index contributed by atoms with van der Waals surface area (Å²) in [5.41, 5.74) is 26.4. The van der Waals surface area contributed by atoms with Crippen LogP contribution in [0.25, 0.3) is 0 Å². The van der Waals surface area contributed by atoms with Crippen molar-refractivity contribution in [2.45, 2.75) is 76.9 Å². The number of hydrogen-bond donors (Lipinski definition) is 6. The Balaban J connectivity index is 1.97. The fraction of sp³-hybridized carbons (Fsp3) is 0.333. The van der Waals surface area contributed by atoms with E-state index in [2.05, 4.69) is 0 Å². The monoisotopic (exact) mass is 736 g/mol. The highest BCUT2D eigenvalue weighted by Crippen LogP contribution is 2.30. The van der Waals surface area contributed by atoms with Crippen LogP contribution in [0.1, 0.15) is 59.5 Å². The van der Waals surface area contributed by atoms with Crippen molar-refractivity contribution in [3.63, 3.8) is 0 Å². The molecule has 0 heterocycles. The number of anilines is 2. The van der Waals surface area contributed by atoms with Crippen molar-refractivity contribution in [2.75, 3.05) is 11.5 Å². The first-order valence-corrected chi connectivity index (χ1v) is 18.0. The molecule has 0 unspecified atom stereocenters. The maximum atomic E-state index is 14.6. The number of nitrogens with two attached hydrogens (primary N) is 4. The van der Waals surface area contributed by atoms with Crippen LogP contribution >= 0.6 is 0 Å². The third-order valence-electron chi connectivity index (χ3n) is 9.66. The molecule has 12 nitrogen and oxygen atoms in total. The third kappa shape index (κ3) is 9.82. The van der Waals surface area contributed by atoms with Crippen molar-refractivity contribution in [1.29, 1.82) is 0 Å². The molecule has 0 aliphatic heterocycles. The van der Waals surface area contributed by atoms with E-state index >= 15 is 0 Å². The number of aliphatic hydroxyl groups excluding tert-OH is 2. The van der Waals surface area contributed by atoms with Crippen molar-refractivity contribution in [3.8, 4) is 0 Å². The van der Waals surface area contributed by atoms with E-state index in [0.29, 0.717) is 22.5 Å². The number of amides is 4. The lowest BCUT2D eigenvalue weighted by atomic mass is 9.85. The Labute approximate surface area is 316 Å². The summed E-state index contributed by atoms with van der Waals surface area (Å²) in [5, 5.41) is 25.2. The van der Waals surface area contributed by atoms with Gasteiger partial charge in [-0.1, -0.05) is 88.4 Å². The van der Waals surface area contributed by atoms with Gasteiger partial charge in [0.1, 0.15) is 24.3 Å². The molecule has 0 aromatic heterocycles. The number of rotatable bonds is 17. The van der Waals surface area contributed by atoms with E-state index in [1.807, 2.05) is 12.1 Å². The van der Waals surface area contributed by atoms with E-state index < -0.39 is 71.8 Å². The predicted molar refractivity (Wildman–Crippen MR) is 210 cm³/mol. The maximum Gasteiger partial charge on any atom is 0.254 e. The number of hydrogen-bond acceptors (Lipinski definition) is 8. The van der Waals surface area contributed by atoms with E-state index in [1.165, 1.54) is 34.1 Å². The van der Waals surface area contributed by atoms with Crippen LogP contribution in [0.3, 0.4) is 0 Å². The standard InChI is InChI=1S/C42H52N6O6/c1-25(2)35(39(45)51)47(41(53)29-15-19-31(43)20-16-29)33(23-27-11-7-5-8-12-27)37(49)38(50)34(24-28-13-9-6-10-14-28)48(36(26(3)4)40(46)52)42(54)30-17-21-32(44)22-18-30/h5-22,25-26,33-38,49-50H,23-24,43-44H2,1-4H3,(H2,45,51)(H2,46,52)/t33-,34+,35-,36-,37+,38-/m0/s1. The molecule has 0 bridgehead atoms. The van der Waals surface area contributed by atoms with Gasteiger partial charge in [0.25, 0.3) is 11.8 Å². The lowest BCUT2D eigenvalue weighted by Crippen LogP contribution is -2.65. The van der Waals surface area contributed by atoms with Crippen LogP contribution in [0.5, 0.6) is 0 Å².